The first-order valence-corrected chi connectivity index (χ1v) is 7.84. The zero-order valence-corrected chi connectivity index (χ0v) is 13.4. The van der Waals surface area contributed by atoms with E-state index in [1.165, 1.54) is 11.3 Å². The summed E-state index contributed by atoms with van der Waals surface area (Å²) in [6.07, 6.45) is 0. The number of benzene rings is 1. The van der Waals surface area contributed by atoms with Crippen LogP contribution < -0.4 is 5.32 Å². The maximum absolute atomic E-state index is 12.4. The molecule has 2 heterocycles. The van der Waals surface area contributed by atoms with E-state index in [9.17, 15) is 4.79 Å². The SMILES string of the molecule is Cc1nc(C)n(-c2ccccc2NC(=O)c2cscc2C)n1. The van der Waals surface area contributed by atoms with Crippen LogP contribution in [0.5, 0.6) is 0 Å². The zero-order valence-electron chi connectivity index (χ0n) is 12.6. The first-order valence-electron chi connectivity index (χ1n) is 6.90. The molecule has 0 saturated carbocycles. The monoisotopic (exact) mass is 312 g/mol. The normalized spacial score (nSPS) is 10.7. The first kappa shape index (κ1) is 14.5. The van der Waals surface area contributed by atoms with E-state index in [1.54, 1.807) is 4.68 Å². The number of rotatable bonds is 3. The number of aryl methyl sites for hydroxylation is 3. The van der Waals surface area contributed by atoms with Crippen LogP contribution in [0.15, 0.2) is 35.0 Å². The van der Waals surface area contributed by atoms with Crippen LogP contribution in [-0.4, -0.2) is 20.7 Å². The summed E-state index contributed by atoms with van der Waals surface area (Å²) < 4.78 is 1.74. The molecule has 0 spiro atoms. The Bertz CT molecular complexity index is 834. The third-order valence-electron chi connectivity index (χ3n) is 3.36. The average molecular weight is 312 g/mol. The van der Waals surface area contributed by atoms with Crippen LogP contribution in [0.4, 0.5) is 5.69 Å². The Hall–Kier alpha value is -2.47. The predicted octanol–water partition coefficient (Wildman–Crippen LogP) is 3.51. The van der Waals surface area contributed by atoms with Gasteiger partial charge in [0.25, 0.3) is 5.91 Å². The van der Waals surface area contributed by atoms with E-state index in [2.05, 4.69) is 15.4 Å². The topological polar surface area (TPSA) is 59.8 Å². The Morgan fingerprint density at radius 1 is 1.18 bits per heavy atom. The van der Waals surface area contributed by atoms with Gasteiger partial charge in [-0.2, -0.15) is 16.4 Å². The molecule has 0 saturated heterocycles. The van der Waals surface area contributed by atoms with E-state index in [0.29, 0.717) is 17.1 Å². The Balaban J connectivity index is 1.97. The predicted molar refractivity (Wildman–Crippen MR) is 87.8 cm³/mol. The lowest BCUT2D eigenvalue weighted by molar-refractivity contribution is 0.102. The van der Waals surface area contributed by atoms with Gasteiger partial charge in [0.1, 0.15) is 11.6 Å². The molecule has 5 nitrogen and oxygen atoms in total. The summed E-state index contributed by atoms with van der Waals surface area (Å²) in [6.45, 7) is 5.67. The van der Waals surface area contributed by atoms with Gasteiger partial charge >= 0.3 is 0 Å². The number of nitrogens with one attached hydrogen (secondary N) is 1. The van der Waals surface area contributed by atoms with Gasteiger partial charge in [-0.05, 0) is 43.8 Å². The van der Waals surface area contributed by atoms with Crippen molar-refractivity contribution < 1.29 is 4.79 Å². The van der Waals surface area contributed by atoms with E-state index >= 15 is 0 Å². The van der Waals surface area contributed by atoms with Crippen molar-refractivity contribution >= 4 is 22.9 Å². The number of carbonyl (C=O) groups excluding carboxylic acids is 1. The van der Waals surface area contributed by atoms with Crippen LogP contribution in [0.1, 0.15) is 27.6 Å². The van der Waals surface area contributed by atoms with Crippen molar-refractivity contribution in [2.24, 2.45) is 0 Å². The second-order valence-corrected chi connectivity index (χ2v) is 5.80. The highest BCUT2D eigenvalue weighted by Gasteiger charge is 2.14. The van der Waals surface area contributed by atoms with E-state index in [0.717, 1.165) is 17.1 Å². The summed E-state index contributed by atoms with van der Waals surface area (Å²) in [5.41, 5.74) is 3.20. The van der Waals surface area contributed by atoms with Gasteiger partial charge in [-0.25, -0.2) is 9.67 Å². The van der Waals surface area contributed by atoms with Crippen molar-refractivity contribution in [3.05, 3.63) is 57.8 Å². The fraction of sp³-hybridized carbons (Fsp3) is 0.188. The highest BCUT2D eigenvalue weighted by atomic mass is 32.1. The number of para-hydroxylation sites is 2. The smallest absolute Gasteiger partial charge is 0.256 e. The minimum absolute atomic E-state index is 0.110. The van der Waals surface area contributed by atoms with Crippen molar-refractivity contribution in [2.75, 3.05) is 5.32 Å². The van der Waals surface area contributed by atoms with Gasteiger partial charge in [-0.15, -0.1) is 0 Å². The second-order valence-electron chi connectivity index (χ2n) is 5.06. The van der Waals surface area contributed by atoms with Crippen molar-refractivity contribution in [1.82, 2.24) is 14.8 Å². The van der Waals surface area contributed by atoms with Crippen LogP contribution in [0.25, 0.3) is 5.69 Å². The number of hydrogen-bond donors (Lipinski definition) is 1. The maximum Gasteiger partial charge on any atom is 0.256 e. The highest BCUT2D eigenvalue weighted by molar-refractivity contribution is 7.08. The lowest BCUT2D eigenvalue weighted by Gasteiger charge is -2.11. The molecule has 2 aromatic heterocycles. The molecule has 22 heavy (non-hydrogen) atoms. The molecule has 3 rings (SSSR count). The van der Waals surface area contributed by atoms with Gasteiger partial charge in [-0.3, -0.25) is 4.79 Å². The fourth-order valence-corrected chi connectivity index (χ4v) is 3.12. The molecule has 1 N–H and O–H groups in total. The summed E-state index contributed by atoms with van der Waals surface area (Å²) in [6, 6.07) is 7.58. The molecule has 3 aromatic rings. The van der Waals surface area contributed by atoms with Gasteiger partial charge in [0.15, 0.2) is 0 Å². The molecule has 112 valence electrons. The van der Waals surface area contributed by atoms with Crippen LogP contribution in [0.3, 0.4) is 0 Å². The Labute approximate surface area is 132 Å². The number of hydrogen-bond acceptors (Lipinski definition) is 4. The zero-order chi connectivity index (χ0) is 15.7. The number of thiophene rings is 1. The molecule has 0 aliphatic heterocycles. The number of nitrogens with zero attached hydrogens (tertiary/aromatic N) is 3. The molecule has 0 radical (unpaired) electrons. The summed E-state index contributed by atoms with van der Waals surface area (Å²) in [5.74, 6) is 1.37. The standard InChI is InChI=1S/C16H16N4OS/c1-10-8-22-9-13(10)16(21)18-14-6-4-5-7-15(14)20-12(3)17-11(2)19-20/h4-9H,1-3H3,(H,18,21). The van der Waals surface area contributed by atoms with E-state index in [-0.39, 0.29) is 5.91 Å². The molecule has 0 aliphatic rings. The quantitative estimate of drug-likeness (QED) is 0.805. The van der Waals surface area contributed by atoms with Crippen molar-refractivity contribution in [3.63, 3.8) is 0 Å². The summed E-state index contributed by atoms with van der Waals surface area (Å²) in [4.78, 5) is 16.7. The average Bonchev–Trinajstić information content (AvgIpc) is 3.05. The summed E-state index contributed by atoms with van der Waals surface area (Å²) in [7, 11) is 0. The van der Waals surface area contributed by atoms with Crippen LogP contribution >= 0.6 is 11.3 Å². The number of aromatic nitrogens is 3. The second kappa shape index (κ2) is 5.73. The lowest BCUT2D eigenvalue weighted by atomic mass is 10.2. The highest BCUT2D eigenvalue weighted by Crippen LogP contribution is 2.22. The van der Waals surface area contributed by atoms with Gasteiger partial charge < -0.3 is 5.32 Å². The van der Waals surface area contributed by atoms with E-state index in [1.807, 2.05) is 55.8 Å². The molecule has 0 fully saturated rings. The molecule has 6 heteroatoms. The van der Waals surface area contributed by atoms with Gasteiger partial charge in [0, 0.05) is 5.38 Å². The Kier molecular flexibility index (Phi) is 3.77. The Morgan fingerprint density at radius 2 is 1.95 bits per heavy atom. The van der Waals surface area contributed by atoms with E-state index in [4.69, 9.17) is 0 Å². The Morgan fingerprint density at radius 3 is 2.59 bits per heavy atom. The molecule has 0 unspecified atom stereocenters. The van der Waals surface area contributed by atoms with Gasteiger partial charge in [0.05, 0.1) is 16.9 Å². The van der Waals surface area contributed by atoms with Gasteiger partial charge in [0.2, 0.25) is 0 Å². The van der Waals surface area contributed by atoms with Crippen molar-refractivity contribution in [1.29, 1.82) is 0 Å². The van der Waals surface area contributed by atoms with Gasteiger partial charge in [-0.1, -0.05) is 12.1 Å². The molecule has 0 atom stereocenters. The molecular formula is C16H16N4OS. The molecule has 1 aromatic carbocycles. The molecular weight excluding hydrogens is 296 g/mol. The number of anilines is 1. The third-order valence-corrected chi connectivity index (χ3v) is 4.22. The number of amides is 1. The van der Waals surface area contributed by atoms with Crippen LogP contribution in [-0.2, 0) is 0 Å². The largest absolute Gasteiger partial charge is 0.320 e. The van der Waals surface area contributed by atoms with Crippen LogP contribution in [0.2, 0.25) is 0 Å². The fourth-order valence-electron chi connectivity index (χ4n) is 2.30. The lowest BCUT2D eigenvalue weighted by Crippen LogP contribution is -2.14. The summed E-state index contributed by atoms with van der Waals surface area (Å²) >= 11 is 1.52. The summed E-state index contributed by atoms with van der Waals surface area (Å²) in [5, 5.41) is 11.2. The minimum atomic E-state index is -0.110. The van der Waals surface area contributed by atoms with Crippen molar-refractivity contribution in [3.8, 4) is 5.69 Å². The van der Waals surface area contributed by atoms with Crippen molar-refractivity contribution in [2.45, 2.75) is 20.8 Å². The van der Waals surface area contributed by atoms with Crippen LogP contribution in [0, 0.1) is 20.8 Å². The van der Waals surface area contributed by atoms with E-state index < -0.39 is 0 Å². The number of carbonyl (C=O) groups is 1. The third kappa shape index (κ3) is 2.65. The first-order chi connectivity index (χ1) is 10.6. The maximum atomic E-state index is 12.4. The minimum Gasteiger partial charge on any atom is -0.320 e. The molecule has 0 bridgehead atoms. The molecule has 1 amide bonds. The molecule has 0 aliphatic carbocycles.